The molecule has 0 saturated heterocycles. The fraction of sp³-hybridized carbons (Fsp3) is 0.571. The Bertz CT molecular complexity index is 492. The standard InChI is InChI=1S/C14H23NO2S/c1-12-7-4-5-8-13(12)18(16,17)10-6-9-14(2,3)11-15/h4-5,7-8H,6,9-11,15H2,1-3H3. The van der Waals surface area contributed by atoms with Crippen molar-refractivity contribution in [1.29, 1.82) is 0 Å². The molecule has 1 aromatic rings. The summed E-state index contributed by atoms with van der Waals surface area (Å²) in [5.74, 6) is 0.196. The van der Waals surface area contributed by atoms with Gasteiger partial charge in [0.2, 0.25) is 0 Å². The fourth-order valence-corrected chi connectivity index (χ4v) is 3.45. The van der Waals surface area contributed by atoms with Crippen molar-refractivity contribution in [2.45, 2.75) is 38.5 Å². The van der Waals surface area contributed by atoms with E-state index in [0.717, 1.165) is 12.0 Å². The third-order valence-corrected chi connectivity index (χ3v) is 5.20. The summed E-state index contributed by atoms with van der Waals surface area (Å²) in [6.45, 7) is 6.54. The Hall–Kier alpha value is -0.870. The average Bonchev–Trinajstić information content (AvgIpc) is 2.29. The maximum atomic E-state index is 12.2. The molecule has 3 nitrogen and oxygen atoms in total. The van der Waals surface area contributed by atoms with E-state index in [0.29, 0.717) is 17.9 Å². The third-order valence-electron chi connectivity index (χ3n) is 3.25. The molecule has 0 amide bonds. The zero-order valence-electron chi connectivity index (χ0n) is 11.4. The van der Waals surface area contributed by atoms with Crippen molar-refractivity contribution in [2.24, 2.45) is 11.1 Å². The summed E-state index contributed by atoms with van der Waals surface area (Å²) in [5, 5.41) is 0. The topological polar surface area (TPSA) is 60.2 Å². The minimum absolute atomic E-state index is 0.0151. The average molecular weight is 269 g/mol. The monoisotopic (exact) mass is 269 g/mol. The van der Waals surface area contributed by atoms with Crippen molar-refractivity contribution in [1.82, 2.24) is 0 Å². The van der Waals surface area contributed by atoms with E-state index in [1.807, 2.05) is 19.1 Å². The first-order valence-electron chi connectivity index (χ1n) is 6.27. The highest BCUT2D eigenvalue weighted by Crippen LogP contribution is 2.23. The summed E-state index contributed by atoms with van der Waals surface area (Å²) in [5.41, 5.74) is 6.47. The lowest BCUT2D eigenvalue weighted by Crippen LogP contribution is -2.24. The van der Waals surface area contributed by atoms with Gasteiger partial charge >= 0.3 is 0 Å². The van der Waals surface area contributed by atoms with Crippen molar-refractivity contribution in [3.05, 3.63) is 29.8 Å². The molecule has 18 heavy (non-hydrogen) atoms. The number of hydrogen-bond donors (Lipinski definition) is 1. The van der Waals surface area contributed by atoms with Crippen LogP contribution in [0.15, 0.2) is 29.2 Å². The number of sulfone groups is 1. The minimum Gasteiger partial charge on any atom is -0.330 e. The summed E-state index contributed by atoms with van der Waals surface area (Å²) in [6, 6.07) is 7.13. The highest BCUT2D eigenvalue weighted by atomic mass is 32.2. The number of nitrogens with two attached hydrogens (primary N) is 1. The lowest BCUT2D eigenvalue weighted by molar-refractivity contribution is 0.344. The molecule has 0 fully saturated rings. The van der Waals surface area contributed by atoms with Crippen molar-refractivity contribution in [3.8, 4) is 0 Å². The summed E-state index contributed by atoms with van der Waals surface area (Å²) >= 11 is 0. The summed E-state index contributed by atoms with van der Waals surface area (Å²) in [4.78, 5) is 0.454. The molecule has 0 unspecified atom stereocenters. The van der Waals surface area contributed by atoms with Gasteiger partial charge in [-0.05, 0) is 43.4 Å². The molecule has 102 valence electrons. The van der Waals surface area contributed by atoms with Crippen LogP contribution in [-0.4, -0.2) is 20.7 Å². The van der Waals surface area contributed by atoms with Crippen molar-refractivity contribution < 1.29 is 8.42 Å². The van der Waals surface area contributed by atoms with Gasteiger partial charge in [-0.1, -0.05) is 32.0 Å². The predicted octanol–water partition coefficient (Wildman–Crippen LogP) is 2.53. The molecule has 0 aliphatic carbocycles. The molecule has 0 bridgehead atoms. The molecule has 0 saturated carbocycles. The van der Waals surface area contributed by atoms with Crippen LogP contribution in [0.5, 0.6) is 0 Å². The summed E-state index contributed by atoms with van der Waals surface area (Å²) in [6.07, 6.45) is 1.48. The first-order valence-corrected chi connectivity index (χ1v) is 7.92. The van der Waals surface area contributed by atoms with Gasteiger partial charge in [0.15, 0.2) is 9.84 Å². The predicted molar refractivity (Wildman–Crippen MR) is 75.3 cm³/mol. The molecule has 1 rings (SSSR count). The molecule has 2 N–H and O–H groups in total. The number of rotatable bonds is 6. The molecule has 0 aliphatic rings. The molecule has 0 aromatic heterocycles. The number of hydrogen-bond acceptors (Lipinski definition) is 3. The van der Waals surface area contributed by atoms with E-state index in [2.05, 4.69) is 13.8 Å². The van der Waals surface area contributed by atoms with E-state index in [4.69, 9.17) is 5.73 Å². The Morgan fingerprint density at radius 3 is 2.39 bits per heavy atom. The number of aryl methyl sites for hydroxylation is 1. The van der Waals surface area contributed by atoms with Crippen LogP contribution in [0, 0.1) is 12.3 Å². The molecule has 0 aliphatic heterocycles. The van der Waals surface area contributed by atoms with E-state index in [1.165, 1.54) is 0 Å². The van der Waals surface area contributed by atoms with Crippen LogP contribution in [0.25, 0.3) is 0 Å². The van der Waals surface area contributed by atoms with E-state index in [9.17, 15) is 8.42 Å². The van der Waals surface area contributed by atoms with Crippen LogP contribution in [0.1, 0.15) is 32.3 Å². The molecule has 0 spiro atoms. The van der Waals surface area contributed by atoms with Crippen LogP contribution < -0.4 is 5.73 Å². The smallest absolute Gasteiger partial charge is 0.178 e. The van der Waals surface area contributed by atoms with Gasteiger partial charge < -0.3 is 5.73 Å². The van der Waals surface area contributed by atoms with E-state index in [1.54, 1.807) is 12.1 Å². The maximum Gasteiger partial charge on any atom is 0.178 e. The highest BCUT2D eigenvalue weighted by Gasteiger charge is 2.20. The second kappa shape index (κ2) is 5.85. The van der Waals surface area contributed by atoms with Gasteiger partial charge in [-0.25, -0.2) is 8.42 Å². The van der Waals surface area contributed by atoms with Gasteiger partial charge in [0, 0.05) is 0 Å². The Morgan fingerprint density at radius 2 is 1.83 bits per heavy atom. The minimum atomic E-state index is -3.16. The van der Waals surface area contributed by atoms with Gasteiger partial charge in [0.25, 0.3) is 0 Å². The molecule has 0 heterocycles. The van der Waals surface area contributed by atoms with Crippen molar-refractivity contribution in [2.75, 3.05) is 12.3 Å². The van der Waals surface area contributed by atoms with Crippen molar-refractivity contribution >= 4 is 9.84 Å². The Kier molecular flexibility index (Phi) is 4.93. The largest absolute Gasteiger partial charge is 0.330 e. The van der Waals surface area contributed by atoms with Gasteiger partial charge in [0.05, 0.1) is 10.6 Å². The second-order valence-electron chi connectivity index (χ2n) is 5.56. The zero-order valence-corrected chi connectivity index (χ0v) is 12.3. The molecule has 1 aromatic carbocycles. The van der Waals surface area contributed by atoms with Crippen LogP contribution >= 0.6 is 0 Å². The normalized spacial score (nSPS) is 12.7. The summed E-state index contributed by atoms with van der Waals surface area (Å²) < 4.78 is 24.4. The molecule has 0 radical (unpaired) electrons. The fourth-order valence-electron chi connectivity index (χ4n) is 1.86. The van der Waals surface area contributed by atoms with Gasteiger partial charge in [-0.3, -0.25) is 0 Å². The van der Waals surface area contributed by atoms with Crippen LogP contribution in [0.3, 0.4) is 0 Å². The molecular weight excluding hydrogens is 246 g/mol. The first kappa shape index (κ1) is 15.2. The molecule has 4 heteroatoms. The first-order chi connectivity index (χ1) is 8.28. The second-order valence-corrected chi connectivity index (χ2v) is 7.63. The van der Waals surface area contributed by atoms with E-state index in [-0.39, 0.29) is 11.2 Å². The van der Waals surface area contributed by atoms with Crippen molar-refractivity contribution in [3.63, 3.8) is 0 Å². The maximum absolute atomic E-state index is 12.2. The molecular formula is C14H23NO2S. The van der Waals surface area contributed by atoms with Gasteiger partial charge in [-0.15, -0.1) is 0 Å². The van der Waals surface area contributed by atoms with Crippen LogP contribution in [0.4, 0.5) is 0 Å². The Balaban J connectivity index is 2.70. The van der Waals surface area contributed by atoms with Crippen LogP contribution in [0.2, 0.25) is 0 Å². The SMILES string of the molecule is Cc1ccccc1S(=O)(=O)CCCC(C)(C)CN. The Labute approximate surface area is 110 Å². The van der Waals surface area contributed by atoms with E-state index < -0.39 is 9.84 Å². The third kappa shape index (κ3) is 4.10. The Morgan fingerprint density at radius 1 is 1.22 bits per heavy atom. The highest BCUT2D eigenvalue weighted by molar-refractivity contribution is 7.91. The molecule has 0 atom stereocenters. The summed E-state index contributed by atoms with van der Waals surface area (Å²) in [7, 11) is -3.16. The number of benzene rings is 1. The zero-order chi connectivity index (χ0) is 13.8. The lowest BCUT2D eigenvalue weighted by atomic mass is 9.88. The van der Waals surface area contributed by atoms with Gasteiger partial charge in [-0.2, -0.15) is 0 Å². The quantitative estimate of drug-likeness (QED) is 0.863. The van der Waals surface area contributed by atoms with Gasteiger partial charge in [0.1, 0.15) is 0 Å². The van der Waals surface area contributed by atoms with Crippen LogP contribution in [-0.2, 0) is 9.84 Å². The van der Waals surface area contributed by atoms with E-state index >= 15 is 0 Å². The lowest BCUT2D eigenvalue weighted by Gasteiger charge is -2.21.